The Morgan fingerprint density at radius 1 is 0.968 bits per heavy atom. The van der Waals surface area contributed by atoms with Gasteiger partial charge in [-0.2, -0.15) is 3.71 Å². The van der Waals surface area contributed by atoms with Gasteiger partial charge in [-0.3, -0.25) is 0 Å². The maximum absolute atomic E-state index is 15.3. The number of carbonyl (C=O) groups excluding carboxylic acids is 1. The van der Waals surface area contributed by atoms with Gasteiger partial charge in [-0.05, 0) is 30.5 Å². The van der Waals surface area contributed by atoms with Crippen molar-refractivity contribution in [2.75, 3.05) is 15.2 Å². The fourth-order valence-corrected chi connectivity index (χ4v) is 7.12. The minimum Gasteiger partial charge on any atom is -0.457 e. The summed E-state index contributed by atoms with van der Waals surface area (Å²) in [5, 5.41) is -0.333. The zero-order chi connectivity index (χ0) is 23.2. The van der Waals surface area contributed by atoms with Crippen LogP contribution in [0.2, 0.25) is 5.02 Å². The number of carbonyl (C=O) groups is 1. The molecule has 0 spiro atoms. The first-order valence-corrected chi connectivity index (χ1v) is 13.1. The third-order valence-corrected chi connectivity index (χ3v) is 9.04. The minimum atomic E-state index is -4.43. The molecule has 0 aliphatic carbocycles. The molecule has 0 fully saturated rings. The monoisotopic (exact) mass is 491 g/mol. The van der Waals surface area contributed by atoms with Gasteiger partial charge in [-0.1, -0.05) is 55.8 Å². The third-order valence-electron chi connectivity index (χ3n) is 4.11. The predicted molar refractivity (Wildman–Crippen MR) is 118 cm³/mol. The molecule has 0 aliphatic rings. The van der Waals surface area contributed by atoms with E-state index >= 15 is 4.39 Å². The molecule has 2 aromatic carbocycles. The Morgan fingerprint density at radius 2 is 1.52 bits per heavy atom. The molecular weight excluding hydrogens is 469 g/mol. The summed E-state index contributed by atoms with van der Waals surface area (Å²) in [6.45, 7) is 2.92. The molecule has 0 amide bonds. The number of hydrogen-bond acceptors (Lipinski definition) is 6. The summed E-state index contributed by atoms with van der Waals surface area (Å²) in [6.07, 6.45) is 0.226. The second-order valence-corrected chi connectivity index (χ2v) is 11.2. The van der Waals surface area contributed by atoms with Crippen molar-refractivity contribution in [3.8, 4) is 0 Å². The standard InChI is InChI=1S/C20H23ClFNO6S2/c1-3-12-30(25,26)23(31(27,28)13-4-2)17-11-10-16(21)18(19(17)22)20(24)29-14-15-8-6-5-7-9-15/h5-11H,3-4,12-14H2,1-2H3. The van der Waals surface area contributed by atoms with Gasteiger partial charge in [0.2, 0.25) is 20.0 Å². The van der Waals surface area contributed by atoms with Gasteiger partial charge < -0.3 is 4.74 Å². The van der Waals surface area contributed by atoms with Gasteiger partial charge in [-0.15, -0.1) is 0 Å². The van der Waals surface area contributed by atoms with Crippen molar-refractivity contribution >= 4 is 43.3 Å². The van der Waals surface area contributed by atoms with Gasteiger partial charge in [-0.25, -0.2) is 26.0 Å². The van der Waals surface area contributed by atoms with Crippen molar-refractivity contribution < 1.29 is 30.8 Å². The van der Waals surface area contributed by atoms with Crippen LogP contribution in [0.1, 0.15) is 42.6 Å². The highest BCUT2D eigenvalue weighted by atomic mass is 35.5. The fourth-order valence-electron chi connectivity index (χ4n) is 2.82. The van der Waals surface area contributed by atoms with E-state index in [1.807, 2.05) is 0 Å². The molecule has 0 N–H and O–H groups in total. The van der Waals surface area contributed by atoms with Gasteiger partial charge in [0.15, 0.2) is 5.82 Å². The molecule has 0 heterocycles. The first-order valence-electron chi connectivity index (χ1n) is 9.50. The van der Waals surface area contributed by atoms with E-state index in [1.165, 1.54) is 0 Å². The average Bonchev–Trinajstić information content (AvgIpc) is 2.69. The number of rotatable bonds is 10. The lowest BCUT2D eigenvalue weighted by Crippen LogP contribution is -2.40. The Bertz CT molecular complexity index is 1100. The van der Waals surface area contributed by atoms with Crippen LogP contribution >= 0.6 is 11.6 Å². The Kier molecular flexibility index (Phi) is 8.44. The number of anilines is 1. The van der Waals surface area contributed by atoms with Gasteiger partial charge in [0.1, 0.15) is 17.9 Å². The van der Waals surface area contributed by atoms with Crippen molar-refractivity contribution in [3.63, 3.8) is 0 Å². The summed E-state index contributed by atoms with van der Waals surface area (Å²) in [5.41, 5.74) is -0.891. The molecule has 2 aromatic rings. The zero-order valence-electron chi connectivity index (χ0n) is 17.0. The lowest BCUT2D eigenvalue weighted by molar-refractivity contribution is 0.0467. The Labute approximate surface area is 186 Å². The summed E-state index contributed by atoms with van der Waals surface area (Å²) in [4.78, 5) is 12.5. The lowest BCUT2D eigenvalue weighted by Gasteiger charge is -2.25. The van der Waals surface area contributed by atoms with Gasteiger partial charge in [0, 0.05) is 0 Å². The van der Waals surface area contributed by atoms with Crippen molar-refractivity contribution in [1.82, 2.24) is 0 Å². The molecule has 170 valence electrons. The highest BCUT2D eigenvalue weighted by Gasteiger charge is 2.37. The maximum Gasteiger partial charge on any atom is 0.343 e. The van der Waals surface area contributed by atoms with Crippen LogP contribution in [0.5, 0.6) is 0 Å². The van der Waals surface area contributed by atoms with Crippen LogP contribution in [0.25, 0.3) is 0 Å². The molecule has 0 saturated heterocycles. The summed E-state index contributed by atoms with van der Waals surface area (Å²) in [5.74, 6) is -3.57. The van der Waals surface area contributed by atoms with E-state index in [2.05, 4.69) is 0 Å². The zero-order valence-corrected chi connectivity index (χ0v) is 19.4. The van der Waals surface area contributed by atoms with Gasteiger partial charge in [0.05, 0.1) is 16.5 Å². The third kappa shape index (κ3) is 5.96. The number of ether oxygens (including phenoxy) is 1. The van der Waals surface area contributed by atoms with E-state index in [1.54, 1.807) is 44.2 Å². The Morgan fingerprint density at radius 3 is 2.03 bits per heavy atom. The van der Waals surface area contributed by atoms with E-state index in [9.17, 15) is 21.6 Å². The molecule has 0 aromatic heterocycles. The largest absolute Gasteiger partial charge is 0.457 e. The first kappa shape index (κ1) is 25.1. The summed E-state index contributed by atoms with van der Waals surface area (Å²) < 4.78 is 71.4. The van der Waals surface area contributed by atoms with Crippen LogP contribution < -0.4 is 3.71 Å². The second-order valence-electron chi connectivity index (χ2n) is 6.65. The van der Waals surface area contributed by atoms with Crippen molar-refractivity contribution in [2.24, 2.45) is 0 Å². The predicted octanol–water partition coefficient (Wildman–Crippen LogP) is 4.12. The second kappa shape index (κ2) is 10.4. The highest BCUT2D eigenvalue weighted by molar-refractivity contribution is 8.10. The minimum absolute atomic E-state index is 0.0621. The molecule has 0 radical (unpaired) electrons. The average molecular weight is 492 g/mol. The molecular formula is C20H23ClFNO6S2. The van der Waals surface area contributed by atoms with Gasteiger partial charge in [0.25, 0.3) is 0 Å². The molecule has 2 rings (SSSR count). The van der Waals surface area contributed by atoms with Crippen LogP contribution in [-0.4, -0.2) is 34.3 Å². The molecule has 31 heavy (non-hydrogen) atoms. The van der Waals surface area contributed by atoms with E-state index in [0.717, 1.165) is 12.1 Å². The maximum atomic E-state index is 15.3. The topological polar surface area (TPSA) is 97.8 Å². The number of esters is 1. The van der Waals surface area contributed by atoms with Crippen LogP contribution in [0.3, 0.4) is 0 Å². The highest BCUT2D eigenvalue weighted by Crippen LogP contribution is 2.33. The molecule has 0 saturated carbocycles. The SMILES string of the molecule is CCCS(=O)(=O)N(c1ccc(Cl)c(C(=O)OCc2ccccc2)c1F)S(=O)(=O)CCC. The van der Waals surface area contributed by atoms with Crippen LogP contribution in [-0.2, 0) is 31.4 Å². The smallest absolute Gasteiger partial charge is 0.343 e. The molecule has 0 unspecified atom stereocenters. The van der Waals surface area contributed by atoms with Crippen LogP contribution in [0.4, 0.5) is 10.1 Å². The quantitative estimate of drug-likeness (QED) is 0.463. The molecule has 11 heteroatoms. The van der Waals surface area contributed by atoms with Crippen molar-refractivity contribution in [2.45, 2.75) is 33.3 Å². The van der Waals surface area contributed by atoms with Crippen molar-refractivity contribution in [3.05, 3.63) is 64.4 Å². The normalized spacial score (nSPS) is 11.9. The van der Waals surface area contributed by atoms with Crippen molar-refractivity contribution in [1.29, 1.82) is 0 Å². The van der Waals surface area contributed by atoms with Crippen LogP contribution in [0.15, 0.2) is 42.5 Å². The van der Waals surface area contributed by atoms with Crippen LogP contribution in [0, 0.1) is 5.82 Å². The molecule has 7 nitrogen and oxygen atoms in total. The first-order chi connectivity index (χ1) is 14.5. The molecule has 0 atom stereocenters. The molecule has 0 bridgehead atoms. The fraction of sp³-hybridized carbons (Fsp3) is 0.350. The number of hydrogen-bond donors (Lipinski definition) is 0. The number of nitrogens with zero attached hydrogens (tertiary/aromatic N) is 1. The van der Waals surface area contributed by atoms with E-state index in [-0.39, 0.29) is 28.2 Å². The summed E-state index contributed by atoms with van der Waals surface area (Å²) in [7, 11) is -8.86. The molecule has 0 aliphatic heterocycles. The number of benzene rings is 2. The van der Waals surface area contributed by atoms with E-state index < -0.39 is 54.6 Å². The van der Waals surface area contributed by atoms with Gasteiger partial charge >= 0.3 is 5.97 Å². The van der Waals surface area contributed by atoms with E-state index in [4.69, 9.17) is 16.3 Å². The Balaban J connectivity index is 2.53. The Hall–Kier alpha value is -2.17. The summed E-state index contributed by atoms with van der Waals surface area (Å²) >= 11 is 5.98. The lowest BCUT2D eigenvalue weighted by atomic mass is 10.2. The number of sulfonamides is 2. The summed E-state index contributed by atoms with van der Waals surface area (Å²) in [6, 6.07) is 10.6. The van der Waals surface area contributed by atoms with E-state index in [0.29, 0.717) is 5.56 Å². The number of halogens is 2.